The third kappa shape index (κ3) is 2.15. The predicted molar refractivity (Wildman–Crippen MR) is 60.4 cm³/mol. The molecule has 1 aromatic rings. The Morgan fingerprint density at radius 1 is 1.50 bits per heavy atom. The number of carbonyl (C=O) groups excluding carboxylic acids is 1. The molecule has 1 aliphatic rings. The zero-order valence-electron chi connectivity index (χ0n) is 8.01. The third-order valence-corrected chi connectivity index (χ3v) is 3.04. The van der Waals surface area contributed by atoms with Crippen molar-refractivity contribution in [3.8, 4) is 0 Å². The number of amides is 1. The molecule has 3 heteroatoms. The van der Waals surface area contributed by atoms with Crippen LogP contribution < -0.4 is 5.32 Å². The van der Waals surface area contributed by atoms with Gasteiger partial charge in [0.2, 0.25) is 5.91 Å². The quantitative estimate of drug-likeness (QED) is 0.862. The van der Waals surface area contributed by atoms with Gasteiger partial charge >= 0.3 is 0 Å². The fraction of sp³-hybridized carbons (Fsp3) is 0.364. The van der Waals surface area contributed by atoms with Crippen molar-refractivity contribution in [2.24, 2.45) is 0 Å². The Hall–Kier alpha value is -0.830. The van der Waals surface area contributed by atoms with Crippen LogP contribution in [0.25, 0.3) is 0 Å². The Balaban J connectivity index is 2.26. The van der Waals surface area contributed by atoms with Crippen molar-refractivity contribution >= 4 is 27.5 Å². The summed E-state index contributed by atoms with van der Waals surface area (Å²) in [5, 5.41) is 2.81. The van der Waals surface area contributed by atoms with Crippen LogP contribution in [0, 0.1) is 0 Å². The number of hydrogen-bond donors (Lipinski definition) is 1. The van der Waals surface area contributed by atoms with Crippen LogP contribution in [0.1, 0.15) is 31.2 Å². The summed E-state index contributed by atoms with van der Waals surface area (Å²) in [6.07, 6.45) is 2.56. The minimum absolute atomic E-state index is 0.0290. The maximum Gasteiger partial charge on any atom is 0.221 e. The molecule has 0 atom stereocenters. The molecule has 1 amide bonds. The van der Waals surface area contributed by atoms with Crippen LogP contribution in [0.4, 0.5) is 5.69 Å². The van der Waals surface area contributed by atoms with Gasteiger partial charge in [0, 0.05) is 11.4 Å². The average molecular weight is 254 g/mol. The fourth-order valence-electron chi connectivity index (χ4n) is 1.50. The van der Waals surface area contributed by atoms with E-state index in [0.717, 1.165) is 16.1 Å². The fourth-order valence-corrected chi connectivity index (χ4v) is 1.84. The lowest BCUT2D eigenvalue weighted by Crippen LogP contribution is -2.06. The molecule has 0 aliphatic heterocycles. The van der Waals surface area contributed by atoms with Crippen LogP contribution in [0.3, 0.4) is 0 Å². The summed E-state index contributed by atoms with van der Waals surface area (Å²) in [6, 6.07) is 6.18. The van der Waals surface area contributed by atoms with Crippen LogP contribution in [0.2, 0.25) is 0 Å². The molecule has 14 heavy (non-hydrogen) atoms. The number of carbonyl (C=O) groups is 1. The molecule has 0 aromatic heterocycles. The summed E-state index contributed by atoms with van der Waals surface area (Å²) < 4.78 is 0.942. The molecule has 0 bridgehead atoms. The van der Waals surface area contributed by atoms with Gasteiger partial charge in [0.25, 0.3) is 0 Å². The van der Waals surface area contributed by atoms with Gasteiger partial charge in [-0.3, -0.25) is 4.79 Å². The Morgan fingerprint density at radius 2 is 2.21 bits per heavy atom. The molecular weight excluding hydrogens is 242 g/mol. The van der Waals surface area contributed by atoms with Gasteiger partial charge in [-0.05, 0) is 52.4 Å². The lowest BCUT2D eigenvalue weighted by molar-refractivity contribution is -0.114. The summed E-state index contributed by atoms with van der Waals surface area (Å²) >= 11 is 3.41. The Labute approximate surface area is 91.8 Å². The van der Waals surface area contributed by atoms with Crippen LogP contribution >= 0.6 is 15.9 Å². The van der Waals surface area contributed by atoms with Gasteiger partial charge in [-0.2, -0.15) is 0 Å². The Morgan fingerprint density at radius 3 is 2.79 bits per heavy atom. The molecule has 1 saturated carbocycles. The number of benzene rings is 1. The van der Waals surface area contributed by atoms with E-state index in [9.17, 15) is 4.79 Å². The maximum absolute atomic E-state index is 10.9. The molecule has 1 fully saturated rings. The predicted octanol–water partition coefficient (Wildman–Crippen LogP) is 3.28. The molecule has 2 nitrogen and oxygen atoms in total. The molecule has 2 rings (SSSR count). The molecule has 74 valence electrons. The molecular formula is C11H12BrNO. The zero-order chi connectivity index (χ0) is 10.1. The summed E-state index contributed by atoms with van der Waals surface area (Å²) in [7, 11) is 0. The smallest absolute Gasteiger partial charge is 0.221 e. The van der Waals surface area contributed by atoms with Gasteiger partial charge in [-0.15, -0.1) is 0 Å². The zero-order valence-corrected chi connectivity index (χ0v) is 9.60. The second-order valence-electron chi connectivity index (χ2n) is 3.69. The first-order valence-electron chi connectivity index (χ1n) is 4.74. The van der Waals surface area contributed by atoms with Crippen LogP contribution in [-0.4, -0.2) is 5.91 Å². The van der Waals surface area contributed by atoms with Gasteiger partial charge in [0.05, 0.1) is 5.69 Å². The summed E-state index contributed by atoms with van der Waals surface area (Å²) in [5.74, 6) is 0.689. The third-order valence-electron chi connectivity index (χ3n) is 2.35. The lowest BCUT2D eigenvalue weighted by Gasteiger charge is -2.07. The van der Waals surface area contributed by atoms with Gasteiger partial charge in [0.1, 0.15) is 0 Å². The standard InChI is InChI=1S/C11H12BrNO/c1-7(14)13-11-6-9(8-2-3-8)4-5-10(11)12/h4-6,8H,2-3H2,1H3,(H,13,14). The van der Waals surface area contributed by atoms with Gasteiger partial charge in [0.15, 0.2) is 0 Å². The largest absolute Gasteiger partial charge is 0.325 e. The number of rotatable bonds is 2. The van der Waals surface area contributed by atoms with Crippen molar-refractivity contribution in [3.05, 3.63) is 28.2 Å². The lowest BCUT2D eigenvalue weighted by atomic mass is 10.1. The van der Waals surface area contributed by atoms with Crippen LogP contribution in [-0.2, 0) is 4.79 Å². The van der Waals surface area contributed by atoms with E-state index in [1.165, 1.54) is 25.3 Å². The first kappa shape index (κ1) is 9.71. The van der Waals surface area contributed by atoms with Gasteiger partial charge < -0.3 is 5.32 Å². The first-order valence-corrected chi connectivity index (χ1v) is 5.53. The van der Waals surface area contributed by atoms with Crippen molar-refractivity contribution in [2.45, 2.75) is 25.7 Å². The SMILES string of the molecule is CC(=O)Nc1cc(C2CC2)ccc1Br. The number of halogens is 1. The molecule has 0 unspecified atom stereocenters. The highest BCUT2D eigenvalue weighted by molar-refractivity contribution is 9.10. The van der Waals surface area contributed by atoms with E-state index < -0.39 is 0 Å². The minimum Gasteiger partial charge on any atom is -0.325 e. The monoisotopic (exact) mass is 253 g/mol. The van der Waals surface area contributed by atoms with E-state index in [1.54, 1.807) is 0 Å². The maximum atomic E-state index is 10.9. The molecule has 1 aliphatic carbocycles. The average Bonchev–Trinajstić information content (AvgIpc) is 2.91. The van der Waals surface area contributed by atoms with Gasteiger partial charge in [-0.25, -0.2) is 0 Å². The van der Waals surface area contributed by atoms with E-state index in [1.807, 2.05) is 6.07 Å². The van der Waals surface area contributed by atoms with E-state index in [0.29, 0.717) is 0 Å². The number of anilines is 1. The van der Waals surface area contributed by atoms with Gasteiger partial charge in [-0.1, -0.05) is 6.07 Å². The summed E-state index contributed by atoms with van der Waals surface area (Å²) in [5.41, 5.74) is 2.21. The highest BCUT2D eigenvalue weighted by Crippen LogP contribution is 2.41. The second kappa shape index (κ2) is 3.73. The van der Waals surface area contributed by atoms with Crippen molar-refractivity contribution < 1.29 is 4.79 Å². The molecule has 0 radical (unpaired) electrons. The van der Waals surface area contributed by atoms with Crippen LogP contribution in [0.15, 0.2) is 22.7 Å². The van der Waals surface area contributed by atoms with Crippen molar-refractivity contribution in [1.82, 2.24) is 0 Å². The van der Waals surface area contributed by atoms with E-state index in [2.05, 4.69) is 33.4 Å². The Bertz CT molecular complexity index is 372. The Kier molecular flexibility index (Phi) is 2.59. The normalized spacial score (nSPS) is 15.3. The number of hydrogen-bond acceptors (Lipinski definition) is 1. The molecule has 0 saturated heterocycles. The highest BCUT2D eigenvalue weighted by atomic mass is 79.9. The van der Waals surface area contributed by atoms with E-state index in [-0.39, 0.29) is 5.91 Å². The molecule has 0 spiro atoms. The van der Waals surface area contributed by atoms with E-state index >= 15 is 0 Å². The first-order chi connectivity index (χ1) is 6.66. The number of nitrogens with one attached hydrogen (secondary N) is 1. The molecule has 1 aromatic carbocycles. The van der Waals surface area contributed by atoms with Crippen molar-refractivity contribution in [3.63, 3.8) is 0 Å². The minimum atomic E-state index is -0.0290. The van der Waals surface area contributed by atoms with E-state index in [4.69, 9.17) is 0 Å². The molecule has 0 heterocycles. The molecule has 1 N–H and O–H groups in total. The topological polar surface area (TPSA) is 29.1 Å². The second-order valence-corrected chi connectivity index (χ2v) is 4.55. The van der Waals surface area contributed by atoms with Crippen molar-refractivity contribution in [2.75, 3.05) is 5.32 Å². The summed E-state index contributed by atoms with van der Waals surface area (Å²) in [4.78, 5) is 10.9. The summed E-state index contributed by atoms with van der Waals surface area (Å²) in [6.45, 7) is 1.52. The van der Waals surface area contributed by atoms with Crippen molar-refractivity contribution in [1.29, 1.82) is 0 Å². The highest BCUT2D eigenvalue weighted by Gasteiger charge is 2.23. The van der Waals surface area contributed by atoms with Crippen LogP contribution in [0.5, 0.6) is 0 Å².